The van der Waals surface area contributed by atoms with Crippen LogP contribution in [-0.2, 0) is 9.63 Å². The second kappa shape index (κ2) is 8.38. The number of carbonyl (C=O) groups is 2. The molecular formula is C18H17NO5. The molecule has 0 aliphatic carbocycles. The summed E-state index contributed by atoms with van der Waals surface area (Å²) in [7, 11) is 3.07. The van der Waals surface area contributed by atoms with Gasteiger partial charge in [0.2, 0.25) is 0 Å². The molecule has 2 aromatic carbocycles. The molecule has 2 rings (SSSR count). The van der Waals surface area contributed by atoms with E-state index in [9.17, 15) is 9.59 Å². The van der Waals surface area contributed by atoms with Crippen LogP contribution in [0.25, 0.3) is 6.08 Å². The number of carbonyl (C=O) groups excluding carboxylic acids is 2. The first-order valence-electron chi connectivity index (χ1n) is 7.10. The molecule has 0 saturated heterocycles. The number of hydrogen-bond donors (Lipinski definition) is 1. The van der Waals surface area contributed by atoms with Gasteiger partial charge in [-0.25, -0.2) is 4.79 Å². The van der Waals surface area contributed by atoms with Crippen molar-refractivity contribution in [1.82, 2.24) is 5.48 Å². The van der Waals surface area contributed by atoms with Crippen molar-refractivity contribution in [2.45, 2.75) is 0 Å². The Morgan fingerprint density at radius 1 is 0.958 bits per heavy atom. The Hall–Kier alpha value is -3.28. The first-order chi connectivity index (χ1) is 11.6. The normalized spacial score (nSPS) is 10.2. The van der Waals surface area contributed by atoms with E-state index >= 15 is 0 Å². The van der Waals surface area contributed by atoms with Crippen molar-refractivity contribution in [3.63, 3.8) is 0 Å². The highest BCUT2D eigenvalue weighted by atomic mass is 16.7. The molecule has 124 valence electrons. The predicted octanol–water partition coefficient (Wildman–Crippen LogP) is 2.61. The van der Waals surface area contributed by atoms with Crippen molar-refractivity contribution in [2.24, 2.45) is 0 Å². The molecular weight excluding hydrogens is 310 g/mol. The number of benzene rings is 2. The van der Waals surface area contributed by atoms with Gasteiger partial charge in [-0.3, -0.25) is 4.79 Å². The van der Waals surface area contributed by atoms with Gasteiger partial charge in [0.05, 0.1) is 19.8 Å². The molecule has 0 aliphatic rings. The Labute approximate surface area is 139 Å². The van der Waals surface area contributed by atoms with Gasteiger partial charge in [-0.2, -0.15) is 5.48 Å². The molecule has 0 unspecified atom stereocenters. The highest BCUT2D eigenvalue weighted by Crippen LogP contribution is 2.27. The van der Waals surface area contributed by atoms with E-state index in [1.54, 1.807) is 61.7 Å². The van der Waals surface area contributed by atoms with Crippen LogP contribution < -0.4 is 15.0 Å². The Morgan fingerprint density at radius 3 is 2.33 bits per heavy atom. The highest BCUT2D eigenvalue weighted by molar-refractivity contribution is 5.94. The van der Waals surface area contributed by atoms with Crippen LogP contribution in [0, 0.1) is 0 Å². The van der Waals surface area contributed by atoms with Crippen LogP contribution in [0.3, 0.4) is 0 Å². The highest BCUT2D eigenvalue weighted by Gasteiger charge is 2.08. The fourth-order valence-electron chi connectivity index (χ4n) is 1.89. The van der Waals surface area contributed by atoms with Gasteiger partial charge in [0, 0.05) is 6.08 Å². The van der Waals surface area contributed by atoms with Gasteiger partial charge in [0.1, 0.15) is 0 Å². The van der Waals surface area contributed by atoms with Crippen LogP contribution in [0.15, 0.2) is 54.6 Å². The summed E-state index contributed by atoms with van der Waals surface area (Å²) in [6.45, 7) is 0. The number of rotatable bonds is 5. The molecule has 0 radical (unpaired) electrons. The number of hydroxylamine groups is 1. The van der Waals surface area contributed by atoms with E-state index < -0.39 is 11.9 Å². The second-order valence-electron chi connectivity index (χ2n) is 4.67. The Balaban J connectivity index is 1.92. The Kier molecular flexibility index (Phi) is 5.96. The van der Waals surface area contributed by atoms with Gasteiger partial charge in [-0.05, 0) is 35.9 Å². The maximum absolute atomic E-state index is 11.7. The van der Waals surface area contributed by atoms with Gasteiger partial charge in [0.25, 0.3) is 5.91 Å². The predicted molar refractivity (Wildman–Crippen MR) is 88.6 cm³/mol. The molecule has 0 heterocycles. The minimum atomic E-state index is -0.636. The van der Waals surface area contributed by atoms with Crippen LogP contribution in [-0.4, -0.2) is 26.1 Å². The number of amides is 1. The smallest absolute Gasteiger partial charge is 0.362 e. The lowest BCUT2D eigenvalue weighted by atomic mass is 10.2. The lowest BCUT2D eigenvalue weighted by molar-refractivity contribution is -0.124. The fourth-order valence-corrected chi connectivity index (χ4v) is 1.89. The monoisotopic (exact) mass is 327 g/mol. The first kappa shape index (κ1) is 17.1. The standard InChI is InChI=1S/C18H17NO5/c1-22-15-10-8-13(12-16(15)23-2)9-11-17(20)19-24-18(21)14-6-4-3-5-7-14/h3-12H,1-2H3,(H,19,20)/b11-9+. The van der Waals surface area contributed by atoms with E-state index in [4.69, 9.17) is 14.3 Å². The summed E-state index contributed by atoms with van der Waals surface area (Å²) < 4.78 is 10.3. The summed E-state index contributed by atoms with van der Waals surface area (Å²) in [6.07, 6.45) is 2.81. The molecule has 0 aliphatic heterocycles. The minimum Gasteiger partial charge on any atom is -0.493 e. The van der Waals surface area contributed by atoms with Crippen LogP contribution >= 0.6 is 0 Å². The fraction of sp³-hybridized carbons (Fsp3) is 0.111. The number of hydrogen-bond acceptors (Lipinski definition) is 5. The van der Waals surface area contributed by atoms with Crippen LogP contribution in [0.2, 0.25) is 0 Å². The summed E-state index contributed by atoms with van der Waals surface area (Å²) in [5, 5.41) is 0. The third-order valence-corrected chi connectivity index (χ3v) is 3.09. The van der Waals surface area contributed by atoms with Gasteiger partial charge < -0.3 is 14.3 Å². The largest absolute Gasteiger partial charge is 0.493 e. The zero-order valence-corrected chi connectivity index (χ0v) is 13.3. The van der Waals surface area contributed by atoms with Gasteiger partial charge in [-0.1, -0.05) is 24.3 Å². The summed E-state index contributed by atoms with van der Waals surface area (Å²) in [4.78, 5) is 28.1. The number of methoxy groups -OCH3 is 2. The lowest BCUT2D eigenvalue weighted by Gasteiger charge is -2.07. The quantitative estimate of drug-likeness (QED) is 0.675. The first-order valence-corrected chi connectivity index (χ1v) is 7.10. The molecule has 6 heteroatoms. The zero-order valence-electron chi connectivity index (χ0n) is 13.3. The molecule has 1 N–H and O–H groups in total. The molecule has 1 amide bonds. The van der Waals surface area contributed by atoms with Crippen LogP contribution in [0.5, 0.6) is 11.5 Å². The molecule has 0 aromatic heterocycles. The minimum absolute atomic E-state index is 0.349. The third kappa shape index (κ3) is 4.61. The topological polar surface area (TPSA) is 73.9 Å². The van der Waals surface area contributed by atoms with Gasteiger partial charge >= 0.3 is 5.97 Å². The second-order valence-corrected chi connectivity index (χ2v) is 4.67. The van der Waals surface area contributed by atoms with Crippen LogP contribution in [0.4, 0.5) is 0 Å². The maximum atomic E-state index is 11.7. The van der Waals surface area contributed by atoms with Crippen molar-refractivity contribution in [3.05, 3.63) is 65.7 Å². The number of nitrogens with one attached hydrogen (secondary N) is 1. The average molecular weight is 327 g/mol. The lowest BCUT2D eigenvalue weighted by Crippen LogP contribution is -2.25. The molecule has 24 heavy (non-hydrogen) atoms. The molecule has 6 nitrogen and oxygen atoms in total. The Morgan fingerprint density at radius 2 is 1.67 bits per heavy atom. The summed E-state index contributed by atoms with van der Waals surface area (Å²) in [6, 6.07) is 13.6. The average Bonchev–Trinajstić information content (AvgIpc) is 2.64. The molecule has 0 fully saturated rings. The number of ether oxygens (including phenoxy) is 2. The zero-order chi connectivity index (χ0) is 17.4. The summed E-state index contributed by atoms with van der Waals surface area (Å²) >= 11 is 0. The maximum Gasteiger partial charge on any atom is 0.362 e. The third-order valence-electron chi connectivity index (χ3n) is 3.09. The summed E-state index contributed by atoms with van der Waals surface area (Å²) in [5.74, 6) is -0.0519. The van der Waals surface area contributed by atoms with Crippen molar-refractivity contribution >= 4 is 18.0 Å². The van der Waals surface area contributed by atoms with E-state index in [1.165, 1.54) is 13.2 Å². The molecule has 0 atom stereocenters. The van der Waals surface area contributed by atoms with Crippen LogP contribution in [0.1, 0.15) is 15.9 Å². The molecule has 2 aromatic rings. The van der Waals surface area contributed by atoms with E-state index in [-0.39, 0.29) is 0 Å². The van der Waals surface area contributed by atoms with Crippen molar-refractivity contribution in [2.75, 3.05) is 14.2 Å². The van der Waals surface area contributed by atoms with E-state index in [0.29, 0.717) is 17.1 Å². The summed E-state index contributed by atoms with van der Waals surface area (Å²) in [5.41, 5.74) is 3.15. The van der Waals surface area contributed by atoms with Crippen molar-refractivity contribution < 1.29 is 23.9 Å². The van der Waals surface area contributed by atoms with E-state index in [2.05, 4.69) is 5.48 Å². The van der Waals surface area contributed by atoms with Gasteiger partial charge in [0.15, 0.2) is 11.5 Å². The molecule has 0 spiro atoms. The van der Waals surface area contributed by atoms with E-state index in [1.807, 2.05) is 0 Å². The molecule has 0 saturated carbocycles. The van der Waals surface area contributed by atoms with Crippen molar-refractivity contribution in [1.29, 1.82) is 0 Å². The van der Waals surface area contributed by atoms with Gasteiger partial charge in [-0.15, -0.1) is 0 Å². The Bertz CT molecular complexity index is 740. The molecule has 0 bridgehead atoms. The van der Waals surface area contributed by atoms with Crippen molar-refractivity contribution in [3.8, 4) is 11.5 Å². The SMILES string of the molecule is COc1ccc(/C=C/C(=O)NOC(=O)c2ccccc2)cc1OC. The van der Waals surface area contributed by atoms with E-state index in [0.717, 1.165) is 5.56 Å².